The summed E-state index contributed by atoms with van der Waals surface area (Å²) in [5.74, 6) is 0.750. The number of anilines is 3. The topological polar surface area (TPSA) is 66.5 Å². The Morgan fingerprint density at radius 3 is 2.72 bits per heavy atom. The average Bonchev–Trinajstić information content (AvgIpc) is 2.80. The second-order valence-corrected chi connectivity index (χ2v) is 8.41. The highest BCUT2D eigenvalue weighted by Crippen LogP contribution is 2.41. The lowest BCUT2D eigenvalue weighted by atomic mass is 9.93. The van der Waals surface area contributed by atoms with E-state index in [4.69, 9.17) is 4.74 Å². The van der Waals surface area contributed by atoms with Crippen LogP contribution < -0.4 is 20.3 Å². The SMILES string of the molecule is CC(C)c1ccc2c(c1)C(F)CCN2c1ccc(OC2NC(=O)c3ccncc3N2)cc1. The summed E-state index contributed by atoms with van der Waals surface area (Å²) in [6.07, 6.45) is 2.00. The second kappa shape index (κ2) is 8.15. The van der Waals surface area contributed by atoms with Gasteiger partial charge in [0.15, 0.2) is 0 Å². The van der Waals surface area contributed by atoms with E-state index >= 15 is 0 Å². The third-order valence-electron chi connectivity index (χ3n) is 5.97. The van der Waals surface area contributed by atoms with Crippen molar-refractivity contribution in [1.82, 2.24) is 10.3 Å². The molecule has 5 rings (SSSR count). The Labute approximate surface area is 186 Å². The number of nitrogens with zero attached hydrogens (tertiary/aromatic N) is 2. The first-order valence-electron chi connectivity index (χ1n) is 10.8. The molecule has 0 aliphatic carbocycles. The molecule has 0 saturated heterocycles. The molecule has 0 bridgehead atoms. The maximum Gasteiger partial charge on any atom is 0.257 e. The molecule has 2 unspecified atom stereocenters. The Hall–Kier alpha value is -3.61. The molecule has 1 amide bonds. The van der Waals surface area contributed by atoms with Gasteiger partial charge in [0.2, 0.25) is 0 Å². The summed E-state index contributed by atoms with van der Waals surface area (Å²) in [4.78, 5) is 18.4. The number of alkyl halides is 1. The average molecular weight is 432 g/mol. The normalized spacial score (nSPS) is 19.6. The van der Waals surface area contributed by atoms with Crippen molar-refractivity contribution in [1.29, 1.82) is 0 Å². The first-order valence-corrected chi connectivity index (χ1v) is 10.8. The van der Waals surface area contributed by atoms with E-state index in [2.05, 4.69) is 40.4 Å². The van der Waals surface area contributed by atoms with Crippen LogP contribution >= 0.6 is 0 Å². The number of aromatic nitrogens is 1. The molecule has 2 aliphatic rings. The number of carbonyl (C=O) groups excluding carboxylic acids is 1. The summed E-state index contributed by atoms with van der Waals surface area (Å²) in [6, 6.07) is 15.4. The van der Waals surface area contributed by atoms with Crippen LogP contribution in [0, 0.1) is 0 Å². The lowest BCUT2D eigenvalue weighted by Gasteiger charge is -2.34. The van der Waals surface area contributed by atoms with Crippen molar-refractivity contribution in [3.8, 4) is 5.75 Å². The summed E-state index contributed by atoms with van der Waals surface area (Å²) in [6.45, 7) is 4.85. The lowest BCUT2D eigenvalue weighted by molar-refractivity contribution is 0.0845. The molecule has 2 aromatic carbocycles. The Morgan fingerprint density at radius 2 is 1.94 bits per heavy atom. The van der Waals surface area contributed by atoms with Gasteiger partial charge in [0.05, 0.1) is 17.4 Å². The number of hydrogen-bond donors (Lipinski definition) is 2. The minimum Gasteiger partial charge on any atom is -0.452 e. The Kier molecular flexibility index (Phi) is 5.17. The predicted octanol–water partition coefficient (Wildman–Crippen LogP) is 5.28. The van der Waals surface area contributed by atoms with Gasteiger partial charge in [-0.15, -0.1) is 0 Å². The third kappa shape index (κ3) is 3.75. The van der Waals surface area contributed by atoms with Crippen LogP contribution in [0.2, 0.25) is 0 Å². The first-order chi connectivity index (χ1) is 15.5. The number of pyridine rings is 1. The molecular formula is C25H25FN4O2. The van der Waals surface area contributed by atoms with Gasteiger partial charge in [-0.05, 0) is 47.9 Å². The van der Waals surface area contributed by atoms with E-state index in [1.807, 2.05) is 36.4 Å². The highest BCUT2D eigenvalue weighted by Gasteiger charge is 2.27. The van der Waals surface area contributed by atoms with E-state index in [1.54, 1.807) is 18.5 Å². The molecule has 6 nitrogen and oxygen atoms in total. The Bertz CT molecular complexity index is 1150. The van der Waals surface area contributed by atoms with Crippen LogP contribution in [0.5, 0.6) is 5.75 Å². The highest BCUT2D eigenvalue weighted by atomic mass is 19.1. The molecule has 3 heterocycles. The maximum atomic E-state index is 14.7. The van der Waals surface area contributed by atoms with Crippen LogP contribution in [0.25, 0.3) is 0 Å². The quantitative estimate of drug-likeness (QED) is 0.588. The summed E-state index contributed by atoms with van der Waals surface area (Å²) in [5.41, 5.74) is 4.94. The van der Waals surface area contributed by atoms with Crippen molar-refractivity contribution in [2.24, 2.45) is 0 Å². The van der Waals surface area contributed by atoms with Crippen LogP contribution in [0.1, 0.15) is 53.8 Å². The zero-order valence-corrected chi connectivity index (χ0v) is 18.0. The zero-order chi connectivity index (χ0) is 22.2. The molecule has 2 N–H and O–H groups in total. The van der Waals surface area contributed by atoms with E-state index in [-0.39, 0.29) is 5.91 Å². The van der Waals surface area contributed by atoms with Gasteiger partial charge in [-0.1, -0.05) is 26.0 Å². The molecule has 32 heavy (non-hydrogen) atoms. The van der Waals surface area contributed by atoms with E-state index in [0.29, 0.717) is 35.9 Å². The largest absolute Gasteiger partial charge is 0.452 e. The number of rotatable bonds is 4. The molecular weight excluding hydrogens is 407 g/mol. The molecule has 3 aromatic rings. The Balaban J connectivity index is 1.34. The van der Waals surface area contributed by atoms with Gasteiger partial charge in [-0.3, -0.25) is 15.1 Å². The molecule has 7 heteroatoms. The van der Waals surface area contributed by atoms with Gasteiger partial charge in [-0.25, -0.2) is 4.39 Å². The monoisotopic (exact) mass is 432 g/mol. The van der Waals surface area contributed by atoms with E-state index in [0.717, 1.165) is 22.5 Å². The minimum atomic E-state index is -0.944. The lowest BCUT2D eigenvalue weighted by Crippen LogP contribution is -2.48. The number of hydrogen-bond acceptors (Lipinski definition) is 5. The number of nitrogens with one attached hydrogen (secondary N) is 2. The van der Waals surface area contributed by atoms with Gasteiger partial charge >= 0.3 is 0 Å². The van der Waals surface area contributed by atoms with Crippen molar-refractivity contribution in [3.63, 3.8) is 0 Å². The van der Waals surface area contributed by atoms with Crippen LogP contribution in [0.15, 0.2) is 60.9 Å². The fourth-order valence-corrected chi connectivity index (χ4v) is 4.20. The molecule has 1 aromatic heterocycles. The fourth-order valence-electron chi connectivity index (χ4n) is 4.20. The number of benzene rings is 2. The van der Waals surface area contributed by atoms with Crippen molar-refractivity contribution in [3.05, 3.63) is 77.6 Å². The van der Waals surface area contributed by atoms with Crippen molar-refractivity contribution in [2.45, 2.75) is 38.7 Å². The van der Waals surface area contributed by atoms with E-state index in [9.17, 15) is 9.18 Å². The molecule has 2 atom stereocenters. The van der Waals surface area contributed by atoms with Gasteiger partial charge in [0.1, 0.15) is 11.9 Å². The first kappa shape index (κ1) is 20.3. The molecule has 164 valence electrons. The number of ether oxygens (including phenoxy) is 1. The van der Waals surface area contributed by atoms with Crippen molar-refractivity contribution in [2.75, 3.05) is 16.8 Å². The zero-order valence-electron chi connectivity index (χ0n) is 18.0. The van der Waals surface area contributed by atoms with Gasteiger partial charge in [-0.2, -0.15) is 0 Å². The molecule has 0 fully saturated rings. The van der Waals surface area contributed by atoms with Crippen LogP contribution in [0.4, 0.5) is 21.5 Å². The summed E-state index contributed by atoms with van der Waals surface area (Å²) in [7, 11) is 0. The third-order valence-corrected chi connectivity index (χ3v) is 5.97. The van der Waals surface area contributed by atoms with Gasteiger partial charge < -0.3 is 15.0 Å². The summed E-state index contributed by atoms with van der Waals surface area (Å²) >= 11 is 0. The molecule has 0 spiro atoms. The van der Waals surface area contributed by atoms with Crippen molar-refractivity contribution < 1.29 is 13.9 Å². The summed E-state index contributed by atoms with van der Waals surface area (Å²) < 4.78 is 20.6. The van der Waals surface area contributed by atoms with E-state index < -0.39 is 12.5 Å². The molecule has 0 saturated carbocycles. The van der Waals surface area contributed by atoms with Gasteiger partial charge in [0.25, 0.3) is 12.3 Å². The minimum absolute atomic E-state index is 0.214. The van der Waals surface area contributed by atoms with Crippen LogP contribution in [-0.4, -0.2) is 23.8 Å². The standard InChI is InChI=1S/C25H25FN4O2/c1-15(2)16-3-8-23-20(13-16)21(26)10-12-30(23)17-4-6-18(7-5-17)32-25-28-22-14-27-11-9-19(22)24(31)29-25/h3-9,11,13-15,21,25,28H,10,12H2,1-2H3,(H,29,31). The second-order valence-electron chi connectivity index (χ2n) is 8.41. The molecule has 2 aliphatic heterocycles. The van der Waals surface area contributed by atoms with Crippen LogP contribution in [-0.2, 0) is 0 Å². The number of amides is 1. The van der Waals surface area contributed by atoms with E-state index in [1.165, 1.54) is 0 Å². The van der Waals surface area contributed by atoms with Crippen molar-refractivity contribution >= 4 is 23.0 Å². The Morgan fingerprint density at radius 1 is 1.12 bits per heavy atom. The maximum absolute atomic E-state index is 14.7. The fraction of sp³-hybridized carbons (Fsp3) is 0.280. The molecule has 0 radical (unpaired) electrons. The number of carbonyl (C=O) groups is 1. The number of fused-ring (bicyclic) bond motifs is 2. The predicted molar refractivity (Wildman–Crippen MR) is 122 cm³/mol. The summed E-state index contributed by atoms with van der Waals surface area (Å²) in [5, 5.41) is 5.90. The number of halogens is 1. The smallest absolute Gasteiger partial charge is 0.257 e. The van der Waals surface area contributed by atoms with Gasteiger partial charge in [0, 0.05) is 36.1 Å². The highest BCUT2D eigenvalue weighted by molar-refractivity contribution is 6.01. The van der Waals surface area contributed by atoms with Crippen LogP contribution in [0.3, 0.4) is 0 Å².